The van der Waals surface area contributed by atoms with Crippen molar-refractivity contribution in [2.75, 3.05) is 44.8 Å². The maximum absolute atomic E-state index is 13.5. The average molecular weight is 486 g/mol. The lowest BCUT2D eigenvalue weighted by Gasteiger charge is -2.26. The number of carbonyl (C=O) groups is 1. The van der Waals surface area contributed by atoms with Crippen LogP contribution in [0.1, 0.15) is 12.0 Å². The summed E-state index contributed by atoms with van der Waals surface area (Å²) in [4.78, 5) is 22.4. The number of benzene rings is 2. The molecule has 3 N–H and O–H groups in total. The third kappa shape index (κ3) is 6.19. The van der Waals surface area contributed by atoms with Crippen LogP contribution in [-0.4, -0.2) is 60.2 Å². The third-order valence-electron chi connectivity index (χ3n) is 5.36. The number of halogens is 2. The minimum atomic E-state index is -0.568. The smallest absolute Gasteiger partial charge is 0.241 e. The zero-order valence-electron chi connectivity index (χ0n) is 18.5. The SMILES string of the molecule is NC(=O)C=Cc1cc2c(Nc3ccc(F)c(Cl)c3)ncnc2cc1OCCCN1CCOCC1. The van der Waals surface area contributed by atoms with E-state index < -0.39 is 11.7 Å². The molecule has 34 heavy (non-hydrogen) atoms. The van der Waals surface area contributed by atoms with E-state index in [-0.39, 0.29) is 5.02 Å². The van der Waals surface area contributed by atoms with Gasteiger partial charge in [-0.15, -0.1) is 0 Å². The van der Waals surface area contributed by atoms with Crippen LogP contribution in [0.2, 0.25) is 5.02 Å². The molecule has 10 heteroatoms. The Balaban J connectivity index is 1.57. The minimum Gasteiger partial charge on any atom is -0.493 e. The third-order valence-corrected chi connectivity index (χ3v) is 5.65. The lowest BCUT2D eigenvalue weighted by molar-refractivity contribution is -0.113. The summed E-state index contributed by atoms with van der Waals surface area (Å²) >= 11 is 5.90. The fourth-order valence-corrected chi connectivity index (χ4v) is 3.81. The summed E-state index contributed by atoms with van der Waals surface area (Å²) in [5, 5.41) is 3.83. The van der Waals surface area contributed by atoms with Gasteiger partial charge in [0, 0.05) is 48.4 Å². The van der Waals surface area contributed by atoms with Gasteiger partial charge < -0.3 is 20.5 Å². The molecule has 1 saturated heterocycles. The van der Waals surface area contributed by atoms with E-state index in [0.29, 0.717) is 40.3 Å². The Hall–Kier alpha value is -3.27. The number of aromatic nitrogens is 2. The molecule has 1 aliphatic heterocycles. The summed E-state index contributed by atoms with van der Waals surface area (Å²) in [5.74, 6) is 0.0118. The van der Waals surface area contributed by atoms with Crippen molar-refractivity contribution in [3.63, 3.8) is 0 Å². The second kappa shape index (κ2) is 11.2. The summed E-state index contributed by atoms with van der Waals surface area (Å²) in [7, 11) is 0. The zero-order chi connectivity index (χ0) is 23.9. The predicted molar refractivity (Wildman–Crippen MR) is 130 cm³/mol. The average Bonchev–Trinajstić information content (AvgIpc) is 2.83. The van der Waals surface area contributed by atoms with Gasteiger partial charge in [0.1, 0.15) is 23.7 Å². The quantitative estimate of drug-likeness (QED) is 0.351. The lowest BCUT2D eigenvalue weighted by Crippen LogP contribution is -2.37. The van der Waals surface area contributed by atoms with Crippen LogP contribution in [0.5, 0.6) is 5.75 Å². The highest BCUT2D eigenvalue weighted by molar-refractivity contribution is 6.31. The van der Waals surface area contributed by atoms with Gasteiger partial charge in [-0.05, 0) is 36.8 Å². The first-order chi connectivity index (χ1) is 16.5. The Kier molecular flexibility index (Phi) is 7.89. The Bertz CT molecular complexity index is 1200. The van der Waals surface area contributed by atoms with E-state index in [9.17, 15) is 9.18 Å². The van der Waals surface area contributed by atoms with Gasteiger partial charge in [0.15, 0.2) is 0 Å². The number of primary amides is 1. The number of anilines is 2. The number of morpholine rings is 1. The van der Waals surface area contributed by atoms with Crippen molar-refractivity contribution in [1.29, 1.82) is 0 Å². The molecule has 178 valence electrons. The van der Waals surface area contributed by atoms with Gasteiger partial charge in [0.25, 0.3) is 0 Å². The molecule has 1 aromatic heterocycles. The molecule has 0 aliphatic carbocycles. The van der Waals surface area contributed by atoms with E-state index in [4.69, 9.17) is 26.8 Å². The number of fused-ring (bicyclic) bond motifs is 1. The van der Waals surface area contributed by atoms with Crippen LogP contribution >= 0.6 is 11.6 Å². The molecule has 0 atom stereocenters. The van der Waals surface area contributed by atoms with Crippen molar-refractivity contribution in [3.8, 4) is 5.75 Å². The van der Waals surface area contributed by atoms with Crippen molar-refractivity contribution in [2.45, 2.75) is 6.42 Å². The Morgan fingerprint density at radius 2 is 2.09 bits per heavy atom. The van der Waals surface area contributed by atoms with Crippen LogP contribution in [0.4, 0.5) is 15.9 Å². The van der Waals surface area contributed by atoms with E-state index in [0.717, 1.165) is 39.3 Å². The van der Waals surface area contributed by atoms with E-state index in [1.807, 2.05) is 6.07 Å². The number of ether oxygens (including phenoxy) is 2. The standard InChI is InChI=1S/C24H25ClFN5O3/c25-19-13-17(3-4-20(19)26)30-24-18-12-16(2-5-23(27)32)22(14-21(18)28-15-29-24)34-9-1-6-31-7-10-33-11-8-31/h2-5,12-15H,1,6-11H2,(H2,27,32)(H,28,29,30). The van der Waals surface area contributed by atoms with Gasteiger partial charge >= 0.3 is 0 Å². The number of hydrogen-bond acceptors (Lipinski definition) is 7. The number of amides is 1. The summed E-state index contributed by atoms with van der Waals surface area (Å²) in [6.07, 6.45) is 5.15. The second-order valence-electron chi connectivity index (χ2n) is 7.78. The molecule has 2 heterocycles. The molecular formula is C24H25ClFN5O3. The van der Waals surface area contributed by atoms with Crippen molar-refractivity contribution >= 4 is 46.0 Å². The normalized spacial score (nSPS) is 14.5. The maximum Gasteiger partial charge on any atom is 0.241 e. The fourth-order valence-electron chi connectivity index (χ4n) is 3.63. The number of nitrogens with one attached hydrogen (secondary N) is 1. The fraction of sp³-hybridized carbons (Fsp3) is 0.292. The molecular weight excluding hydrogens is 461 g/mol. The molecule has 0 saturated carbocycles. The molecule has 1 aliphatic rings. The summed E-state index contributed by atoms with van der Waals surface area (Å²) < 4.78 is 25.0. The molecule has 2 aromatic carbocycles. The topological polar surface area (TPSA) is 103 Å². The van der Waals surface area contributed by atoms with Gasteiger partial charge in [-0.2, -0.15) is 0 Å². The minimum absolute atomic E-state index is 0.00112. The number of nitrogens with zero attached hydrogens (tertiary/aromatic N) is 3. The molecule has 0 spiro atoms. The molecule has 0 unspecified atom stereocenters. The molecule has 8 nitrogen and oxygen atoms in total. The van der Waals surface area contributed by atoms with Crippen LogP contribution in [0, 0.1) is 5.82 Å². The monoisotopic (exact) mass is 485 g/mol. The second-order valence-corrected chi connectivity index (χ2v) is 8.18. The van der Waals surface area contributed by atoms with E-state index in [2.05, 4.69) is 20.2 Å². The van der Waals surface area contributed by atoms with Crippen LogP contribution in [0.3, 0.4) is 0 Å². The Morgan fingerprint density at radius 3 is 2.85 bits per heavy atom. The highest BCUT2D eigenvalue weighted by atomic mass is 35.5. The summed E-state index contributed by atoms with van der Waals surface area (Å²) in [6.45, 7) is 4.79. The zero-order valence-corrected chi connectivity index (χ0v) is 19.2. The van der Waals surface area contributed by atoms with Gasteiger partial charge in [0.2, 0.25) is 5.91 Å². The van der Waals surface area contributed by atoms with Crippen LogP contribution < -0.4 is 15.8 Å². The molecule has 0 bridgehead atoms. The van der Waals surface area contributed by atoms with Gasteiger partial charge in [0.05, 0.1) is 30.4 Å². The van der Waals surface area contributed by atoms with Crippen molar-refractivity contribution in [1.82, 2.24) is 14.9 Å². The number of rotatable bonds is 9. The highest BCUT2D eigenvalue weighted by Crippen LogP contribution is 2.31. The number of hydrogen-bond donors (Lipinski definition) is 2. The largest absolute Gasteiger partial charge is 0.493 e. The first kappa shape index (κ1) is 23.9. The van der Waals surface area contributed by atoms with Crippen LogP contribution in [0.25, 0.3) is 17.0 Å². The molecule has 4 rings (SSSR count). The molecule has 0 radical (unpaired) electrons. The number of carbonyl (C=O) groups excluding carboxylic acids is 1. The number of nitrogens with two attached hydrogens (primary N) is 1. The first-order valence-electron chi connectivity index (χ1n) is 10.9. The predicted octanol–water partition coefficient (Wildman–Crippen LogP) is 3.77. The Labute approximate surface area is 201 Å². The maximum atomic E-state index is 13.5. The summed E-state index contributed by atoms with van der Waals surface area (Å²) in [6, 6.07) is 7.94. The van der Waals surface area contributed by atoms with Gasteiger partial charge in [-0.1, -0.05) is 11.6 Å². The van der Waals surface area contributed by atoms with Crippen molar-refractivity contribution < 1.29 is 18.7 Å². The van der Waals surface area contributed by atoms with Crippen LogP contribution in [-0.2, 0) is 9.53 Å². The first-order valence-corrected chi connectivity index (χ1v) is 11.3. The molecule has 3 aromatic rings. The molecule has 1 amide bonds. The van der Waals surface area contributed by atoms with Crippen molar-refractivity contribution in [3.05, 3.63) is 59.1 Å². The molecule has 1 fully saturated rings. The summed E-state index contributed by atoms with van der Waals surface area (Å²) in [5.41, 5.74) is 7.18. The van der Waals surface area contributed by atoms with Gasteiger partial charge in [-0.25, -0.2) is 14.4 Å². The van der Waals surface area contributed by atoms with E-state index in [1.54, 1.807) is 18.2 Å². The van der Waals surface area contributed by atoms with Crippen LogP contribution in [0.15, 0.2) is 42.7 Å². The lowest BCUT2D eigenvalue weighted by atomic mass is 10.1. The highest BCUT2D eigenvalue weighted by Gasteiger charge is 2.13. The van der Waals surface area contributed by atoms with Gasteiger partial charge in [-0.3, -0.25) is 9.69 Å². The van der Waals surface area contributed by atoms with E-state index in [1.165, 1.54) is 24.5 Å². The Morgan fingerprint density at radius 1 is 1.26 bits per heavy atom. The van der Waals surface area contributed by atoms with Crippen molar-refractivity contribution in [2.24, 2.45) is 5.73 Å². The van der Waals surface area contributed by atoms with E-state index >= 15 is 0 Å².